The Kier molecular flexibility index (Phi) is 8.45. The fourth-order valence-corrected chi connectivity index (χ4v) is 4.98. The molecule has 2 aromatic carbocycles. The number of hydrogen-bond donors (Lipinski definition) is 1. The molecule has 0 amide bonds. The van der Waals surface area contributed by atoms with Gasteiger partial charge in [0.25, 0.3) is 0 Å². The van der Waals surface area contributed by atoms with Crippen molar-refractivity contribution in [3.8, 4) is 12.1 Å². The molecule has 1 fully saturated rings. The number of carboxylic acid groups (broad SMARTS) is 1. The molecule has 0 radical (unpaired) electrons. The number of anilines is 1. The molecule has 1 N–H and O–H groups in total. The second kappa shape index (κ2) is 12.2. The number of aromatic carboxylic acids is 1. The zero-order chi connectivity index (χ0) is 30.7. The van der Waals surface area contributed by atoms with Gasteiger partial charge in [0.1, 0.15) is 12.4 Å². The van der Waals surface area contributed by atoms with Gasteiger partial charge in [0, 0.05) is 32.2 Å². The van der Waals surface area contributed by atoms with Crippen LogP contribution in [0.1, 0.15) is 40.7 Å². The minimum Gasteiger partial charge on any atom is -0.478 e. The second-order valence-electron chi connectivity index (χ2n) is 10.2. The number of nitriles is 1. The van der Waals surface area contributed by atoms with Crippen molar-refractivity contribution in [3.05, 3.63) is 77.0 Å². The fraction of sp³-hybridized carbons (Fsp3) is 0.345. The molecular weight excluding hydrogens is 570 g/mol. The van der Waals surface area contributed by atoms with Crippen molar-refractivity contribution in [2.24, 2.45) is 0 Å². The first-order chi connectivity index (χ1) is 20.5. The molecule has 14 heteroatoms. The first-order valence-corrected chi connectivity index (χ1v) is 13.4. The van der Waals surface area contributed by atoms with Crippen molar-refractivity contribution < 1.29 is 32.2 Å². The topological polar surface area (TPSA) is 120 Å². The number of nitrogens with zero attached hydrogens (tertiary/aromatic N) is 7. The minimum absolute atomic E-state index is 0.00467. The Balaban J connectivity index is 1.29. The van der Waals surface area contributed by atoms with Crippen LogP contribution in [0, 0.1) is 17.1 Å². The van der Waals surface area contributed by atoms with Crippen molar-refractivity contribution in [1.82, 2.24) is 24.4 Å². The molecule has 1 atom stereocenters. The highest BCUT2D eigenvalue weighted by Crippen LogP contribution is 2.27. The van der Waals surface area contributed by atoms with Crippen molar-refractivity contribution in [2.75, 3.05) is 24.5 Å². The highest BCUT2D eigenvalue weighted by molar-refractivity contribution is 5.92. The predicted molar refractivity (Wildman–Crippen MR) is 147 cm³/mol. The summed E-state index contributed by atoms with van der Waals surface area (Å²) in [6, 6.07) is 12.9. The second-order valence-corrected chi connectivity index (χ2v) is 10.2. The van der Waals surface area contributed by atoms with Gasteiger partial charge in [0.2, 0.25) is 0 Å². The van der Waals surface area contributed by atoms with E-state index in [0.717, 1.165) is 11.8 Å². The number of carboxylic acids is 1. The van der Waals surface area contributed by atoms with E-state index in [2.05, 4.69) is 15.0 Å². The molecule has 43 heavy (non-hydrogen) atoms. The molecule has 0 aliphatic carbocycles. The van der Waals surface area contributed by atoms with Crippen molar-refractivity contribution >= 4 is 22.8 Å². The summed E-state index contributed by atoms with van der Waals surface area (Å²) >= 11 is 0. The number of imidazole rings is 1. The summed E-state index contributed by atoms with van der Waals surface area (Å²) in [5.41, 5.74) is 1.99. The number of alkyl halides is 3. The summed E-state index contributed by atoms with van der Waals surface area (Å²) < 4.78 is 61.3. The molecule has 1 aliphatic heterocycles. The normalized spacial score (nSPS) is 15.9. The van der Waals surface area contributed by atoms with Gasteiger partial charge < -0.3 is 19.3 Å². The summed E-state index contributed by atoms with van der Waals surface area (Å²) in [5.74, 6) is -1.34. The smallest absolute Gasteiger partial charge is 0.390 e. The van der Waals surface area contributed by atoms with Gasteiger partial charge in [-0.1, -0.05) is 12.1 Å². The summed E-state index contributed by atoms with van der Waals surface area (Å²) in [6.07, 6.45) is -4.44. The van der Waals surface area contributed by atoms with E-state index in [4.69, 9.17) is 10.00 Å². The largest absolute Gasteiger partial charge is 0.478 e. The average Bonchev–Trinajstić information content (AvgIpc) is 3.32. The third-order valence-corrected chi connectivity index (χ3v) is 7.26. The van der Waals surface area contributed by atoms with Gasteiger partial charge in [-0.05, 0) is 42.8 Å². The number of fused-ring (bicyclic) bond motifs is 1. The molecule has 1 aliphatic rings. The molecule has 1 saturated heterocycles. The van der Waals surface area contributed by atoms with Crippen LogP contribution in [0.25, 0.3) is 11.0 Å². The van der Waals surface area contributed by atoms with E-state index >= 15 is 0 Å². The van der Waals surface area contributed by atoms with E-state index in [9.17, 15) is 27.5 Å². The lowest BCUT2D eigenvalue weighted by molar-refractivity contribution is -0.136. The lowest BCUT2D eigenvalue weighted by Crippen LogP contribution is -2.52. The molecule has 0 spiro atoms. The van der Waals surface area contributed by atoms with Gasteiger partial charge in [0.15, 0.2) is 11.6 Å². The number of ether oxygens (including phenoxy) is 1. The summed E-state index contributed by atoms with van der Waals surface area (Å²) in [4.78, 5) is 28.0. The number of rotatable bonds is 9. The molecule has 0 bridgehead atoms. The van der Waals surface area contributed by atoms with Crippen LogP contribution in [0.5, 0.6) is 6.01 Å². The Bertz CT molecular complexity index is 1670. The van der Waals surface area contributed by atoms with Crippen molar-refractivity contribution in [3.63, 3.8) is 0 Å². The van der Waals surface area contributed by atoms with Crippen LogP contribution in [0.2, 0.25) is 0 Å². The fourth-order valence-electron chi connectivity index (χ4n) is 4.98. The number of piperazine rings is 1. The maximum Gasteiger partial charge on any atom is 0.390 e. The van der Waals surface area contributed by atoms with Crippen LogP contribution in [-0.4, -0.2) is 67.3 Å². The molecule has 0 unspecified atom stereocenters. The Hall–Kier alpha value is -4.77. The van der Waals surface area contributed by atoms with Crippen LogP contribution in [0.3, 0.4) is 0 Å². The summed E-state index contributed by atoms with van der Waals surface area (Å²) in [6.45, 7) is 3.05. The molecular formula is C29H27F4N7O3. The van der Waals surface area contributed by atoms with Crippen LogP contribution in [-0.2, 0) is 19.7 Å². The molecule has 2 aromatic heterocycles. The molecule has 224 valence electrons. The van der Waals surface area contributed by atoms with Gasteiger partial charge in [-0.25, -0.2) is 19.2 Å². The lowest BCUT2D eigenvalue weighted by Gasteiger charge is -2.40. The van der Waals surface area contributed by atoms with E-state index in [-0.39, 0.29) is 36.6 Å². The monoisotopic (exact) mass is 597 g/mol. The van der Waals surface area contributed by atoms with Gasteiger partial charge in [-0.3, -0.25) is 4.90 Å². The number of halogens is 4. The number of hydrogen-bond acceptors (Lipinski definition) is 8. The highest BCUT2D eigenvalue weighted by Gasteiger charge is 2.30. The van der Waals surface area contributed by atoms with E-state index in [1.165, 1.54) is 22.8 Å². The summed E-state index contributed by atoms with van der Waals surface area (Å²) in [7, 11) is 0. The first kappa shape index (κ1) is 29.7. The lowest BCUT2D eigenvalue weighted by atomic mass is 10.2. The van der Waals surface area contributed by atoms with Crippen LogP contribution >= 0.6 is 0 Å². The standard InChI is InChI=1S/C29H27F4N7O3/c1-18-15-39(26-22(30)14-35-28(37-26)43-17-20-4-2-19(13-34)3-5-20)11-10-38(18)16-25-36-23-7-6-21(27(41)42)12-24(23)40(25)9-8-29(31,32)33/h2-7,12,14,18H,8-11,15-17H2,1H3,(H,41,42)/t18-/m0/s1. The van der Waals surface area contributed by atoms with E-state index in [1.54, 1.807) is 29.2 Å². The maximum atomic E-state index is 14.8. The van der Waals surface area contributed by atoms with Crippen LogP contribution in [0.15, 0.2) is 48.7 Å². The molecule has 10 nitrogen and oxygen atoms in total. The summed E-state index contributed by atoms with van der Waals surface area (Å²) in [5, 5.41) is 18.3. The average molecular weight is 598 g/mol. The number of benzene rings is 2. The van der Waals surface area contributed by atoms with E-state index in [0.29, 0.717) is 42.1 Å². The Morgan fingerprint density at radius 2 is 1.93 bits per heavy atom. The maximum absolute atomic E-state index is 14.8. The van der Waals surface area contributed by atoms with Gasteiger partial charge in [-0.15, -0.1) is 0 Å². The molecule has 5 rings (SSSR count). The van der Waals surface area contributed by atoms with Crippen molar-refractivity contribution in [2.45, 2.75) is 45.3 Å². The Labute approximate surface area is 243 Å². The van der Waals surface area contributed by atoms with Crippen molar-refractivity contribution in [1.29, 1.82) is 5.26 Å². The molecule has 0 saturated carbocycles. The highest BCUT2D eigenvalue weighted by atomic mass is 19.4. The SMILES string of the molecule is C[C@H]1CN(c2nc(OCc3ccc(C#N)cc3)ncc2F)CCN1Cc1nc2ccc(C(=O)O)cc2n1CCC(F)(F)F. The minimum atomic E-state index is -4.40. The third-order valence-electron chi connectivity index (χ3n) is 7.26. The van der Waals surface area contributed by atoms with Crippen LogP contribution in [0.4, 0.5) is 23.4 Å². The number of aromatic nitrogens is 4. The van der Waals surface area contributed by atoms with Gasteiger partial charge >= 0.3 is 18.2 Å². The molecule has 4 aromatic rings. The number of carbonyl (C=O) groups is 1. The van der Waals surface area contributed by atoms with Crippen LogP contribution < -0.4 is 9.64 Å². The van der Waals surface area contributed by atoms with Gasteiger partial charge in [0.05, 0.1) is 47.4 Å². The zero-order valence-corrected chi connectivity index (χ0v) is 23.1. The van der Waals surface area contributed by atoms with Gasteiger partial charge in [-0.2, -0.15) is 23.4 Å². The van der Waals surface area contributed by atoms with E-state index in [1.807, 2.05) is 17.9 Å². The number of aryl methyl sites for hydroxylation is 1. The third kappa shape index (κ3) is 7.00. The Morgan fingerprint density at radius 3 is 2.60 bits per heavy atom. The zero-order valence-electron chi connectivity index (χ0n) is 23.1. The Morgan fingerprint density at radius 1 is 1.16 bits per heavy atom. The molecule has 3 heterocycles. The predicted octanol–water partition coefficient (Wildman–Crippen LogP) is 4.78. The van der Waals surface area contributed by atoms with E-state index < -0.39 is 30.9 Å². The first-order valence-electron chi connectivity index (χ1n) is 13.4. The quantitative estimate of drug-likeness (QED) is 0.272.